The summed E-state index contributed by atoms with van der Waals surface area (Å²) in [5, 5.41) is 17.9. The van der Waals surface area contributed by atoms with Gasteiger partial charge in [-0.3, -0.25) is 9.20 Å². The summed E-state index contributed by atoms with van der Waals surface area (Å²) in [7, 11) is 0. The summed E-state index contributed by atoms with van der Waals surface area (Å²) in [4.78, 5) is 12.7. The molecule has 1 amide bonds. The van der Waals surface area contributed by atoms with E-state index < -0.39 is 0 Å². The highest BCUT2D eigenvalue weighted by Gasteiger charge is 2.15. The molecule has 0 radical (unpaired) electrons. The van der Waals surface area contributed by atoms with Crippen LogP contribution in [-0.4, -0.2) is 36.0 Å². The Morgan fingerprint density at radius 3 is 2.61 bits per heavy atom. The molecule has 0 aliphatic rings. The lowest BCUT2D eigenvalue weighted by Crippen LogP contribution is -2.17. The molecule has 1 N–H and O–H groups in total. The number of amides is 1. The van der Waals surface area contributed by atoms with Gasteiger partial charge >= 0.3 is 0 Å². The number of thioether (sulfide) groups is 1. The van der Waals surface area contributed by atoms with E-state index >= 15 is 0 Å². The Bertz CT molecular complexity index is 1410. The van der Waals surface area contributed by atoms with Gasteiger partial charge in [-0.1, -0.05) is 48.2 Å². The van der Waals surface area contributed by atoms with E-state index in [-0.39, 0.29) is 11.7 Å². The molecule has 0 spiro atoms. The highest BCUT2D eigenvalue weighted by molar-refractivity contribution is 7.99. The third kappa shape index (κ3) is 3.66. The number of anilines is 1. The van der Waals surface area contributed by atoms with Crippen molar-refractivity contribution < 1.29 is 4.79 Å². The van der Waals surface area contributed by atoms with Crippen LogP contribution >= 0.6 is 11.8 Å². The average molecular weight is 429 g/mol. The summed E-state index contributed by atoms with van der Waals surface area (Å²) in [6.45, 7) is 3.97. The van der Waals surface area contributed by atoms with Gasteiger partial charge in [0, 0.05) is 11.5 Å². The van der Waals surface area contributed by atoms with E-state index in [4.69, 9.17) is 0 Å². The quantitative estimate of drug-likeness (QED) is 0.420. The summed E-state index contributed by atoms with van der Waals surface area (Å²) in [5.41, 5.74) is 4.68. The van der Waals surface area contributed by atoms with Crippen LogP contribution in [-0.2, 0) is 4.79 Å². The van der Waals surface area contributed by atoms with E-state index in [1.165, 1.54) is 11.8 Å². The van der Waals surface area contributed by atoms with Crippen LogP contribution in [0.5, 0.6) is 0 Å². The monoisotopic (exact) mass is 428 g/mol. The topological polar surface area (TPSA) is 77.1 Å². The van der Waals surface area contributed by atoms with Crippen LogP contribution in [0, 0.1) is 13.8 Å². The fourth-order valence-corrected chi connectivity index (χ4v) is 4.38. The molecule has 3 heterocycles. The van der Waals surface area contributed by atoms with Gasteiger partial charge < -0.3 is 5.32 Å². The maximum absolute atomic E-state index is 12.7. The van der Waals surface area contributed by atoms with E-state index in [9.17, 15) is 4.79 Å². The van der Waals surface area contributed by atoms with E-state index in [2.05, 4.69) is 33.6 Å². The molecule has 2 aromatic carbocycles. The molecule has 0 atom stereocenters. The van der Waals surface area contributed by atoms with Crippen LogP contribution in [0.4, 0.5) is 5.82 Å². The standard InChI is InChI=1S/C23H20N6OS/c1-15-12-21-25-26-23(28(21)19-11-7-6-10-18(15)19)31-14-22(30)24-20-13-16(2)27-29(20)17-8-4-3-5-9-17/h3-13H,14H2,1-2H3,(H,24,30). The molecule has 3 aromatic heterocycles. The third-order valence-corrected chi connectivity index (χ3v) is 5.93. The first-order chi connectivity index (χ1) is 15.1. The third-order valence-electron chi connectivity index (χ3n) is 5.01. The Balaban J connectivity index is 1.38. The lowest BCUT2D eigenvalue weighted by molar-refractivity contribution is -0.113. The molecular formula is C23H20N6OS. The average Bonchev–Trinajstić information content (AvgIpc) is 3.36. The Kier molecular flexibility index (Phi) is 4.91. The van der Waals surface area contributed by atoms with E-state index in [1.54, 1.807) is 4.68 Å². The Morgan fingerprint density at radius 1 is 1.00 bits per heavy atom. The van der Waals surface area contributed by atoms with Crippen molar-refractivity contribution in [3.63, 3.8) is 0 Å². The van der Waals surface area contributed by atoms with Gasteiger partial charge in [-0.25, -0.2) is 4.68 Å². The zero-order chi connectivity index (χ0) is 21.4. The smallest absolute Gasteiger partial charge is 0.236 e. The number of benzene rings is 2. The molecule has 0 aliphatic heterocycles. The lowest BCUT2D eigenvalue weighted by Gasteiger charge is -2.09. The maximum Gasteiger partial charge on any atom is 0.236 e. The maximum atomic E-state index is 12.7. The fraction of sp³-hybridized carbons (Fsp3) is 0.130. The number of para-hydroxylation sites is 2. The molecule has 0 fully saturated rings. The number of rotatable bonds is 5. The molecule has 31 heavy (non-hydrogen) atoms. The van der Waals surface area contributed by atoms with Gasteiger partial charge in [0.1, 0.15) is 5.82 Å². The number of hydrogen-bond donors (Lipinski definition) is 1. The number of carbonyl (C=O) groups is 1. The largest absolute Gasteiger partial charge is 0.310 e. The van der Waals surface area contributed by atoms with Crippen LogP contribution < -0.4 is 5.32 Å². The van der Waals surface area contributed by atoms with Crippen molar-refractivity contribution in [1.82, 2.24) is 24.4 Å². The molecule has 0 saturated heterocycles. The number of hydrogen-bond acceptors (Lipinski definition) is 5. The zero-order valence-corrected chi connectivity index (χ0v) is 17.9. The molecule has 8 heteroatoms. The number of nitrogens with zero attached hydrogens (tertiary/aromatic N) is 5. The van der Waals surface area contributed by atoms with Crippen molar-refractivity contribution in [2.24, 2.45) is 0 Å². The van der Waals surface area contributed by atoms with Crippen molar-refractivity contribution in [2.75, 3.05) is 11.1 Å². The molecule has 5 aromatic rings. The number of carbonyl (C=O) groups excluding carboxylic acids is 1. The first-order valence-electron chi connectivity index (χ1n) is 9.88. The van der Waals surface area contributed by atoms with Crippen molar-refractivity contribution in [2.45, 2.75) is 19.0 Å². The fourth-order valence-electron chi connectivity index (χ4n) is 3.63. The van der Waals surface area contributed by atoms with E-state index in [1.807, 2.05) is 72.0 Å². The van der Waals surface area contributed by atoms with Crippen molar-refractivity contribution in [3.05, 3.63) is 78.0 Å². The molecule has 0 aliphatic carbocycles. The minimum Gasteiger partial charge on any atom is -0.310 e. The van der Waals surface area contributed by atoms with Crippen LogP contribution in [0.3, 0.4) is 0 Å². The summed E-state index contributed by atoms with van der Waals surface area (Å²) >= 11 is 1.36. The van der Waals surface area contributed by atoms with Crippen molar-refractivity contribution in [3.8, 4) is 5.69 Å². The van der Waals surface area contributed by atoms with Crippen LogP contribution in [0.2, 0.25) is 0 Å². The Labute approximate surface area is 183 Å². The lowest BCUT2D eigenvalue weighted by atomic mass is 10.1. The Hall–Kier alpha value is -3.65. The summed E-state index contributed by atoms with van der Waals surface area (Å²) in [5.74, 6) is 0.721. The minimum absolute atomic E-state index is 0.129. The molecular weight excluding hydrogens is 408 g/mol. The number of fused-ring (bicyclic) bond motifs is 3. The van der Waals surface area contributed by atoms with Crippen molar-refractivity contribution in [1.29, 1.82) is 0 Å². The molecule has 7 nitrogen and oxygen atoms in total. The summed E-state index contributed by atoms with van der Waals surface area (Å²) in [6.07, 6.45) is 0. The number of nitrogens with one attached hydrogen (secondary N) is 1. The molecule has 5 rings (SSSR count). The van der Waals surface area contributed by atoms with Gasteiger partial charge in [-0.15, -0.1) is 10.2 Å². The molecule has 0 bridgehead atoms. The minimum atomic E-state index is -0.129. The van der Waals surface area contributed by atoms with Gasteiger partial charge in [0.25, 0.3) is 0 Å². The molecule has 0 saturated carbocycles. The highest BCUT2D eigenvalue weighted by Crippen LogP contribution is 2.26. The molecule has 154 valence electrons. The summed E-state index contributed by atoms with van der Waals surface area (Å²) in [6, 6.07) is 21.7. The van der Waals surface area contributed by atoms with Crippen LogP contribution in [0.1, 0.15) is 11.3 Å². The number of pyridine rings is 1. The normalized spacial score (nSPS) is 11.3. The number of aryl methyl sites for hydroxylation is 2. The second-order valence-corrected chi connectivity index (χ2v) is 8.22. The van der Waals surface area contributed by atoms with Gasteiger partial charge in [-0.2, -0.15) is 5.10 Å². The van der Waals surface area contributed by atoms with Gasteiger partial charge in [-0.05, 0) is 43.7 Å². The van der Waals surface area contributed by atoms with Crippen molar-refractivity contribution >= 4 is 40.0 Å². The first kappa shape index (κ1) is 19.3. The zero-order valence-electron chi connectivity index (χ0n) is 17.1. The van der Waals surface area contributed by atoms with Gasteiger partial charge in [0.2, 0.25) is 5.91 Å². The van der Waals surface area contributed by atoms with Gasteiger partial charge in [0.05, 0.1) is 22.7 Å². The van der Waals surface area contributed by atoms with E-state index in [0.29, 0.717) is 11.0 Å². The predicted molar refractivity (Wildman–Crippen MR) is 123 cm³/mol. The highest BCUT2D eigenvalue weighted by atomic mass is 32.2. The second kappa shape index (κ2) is 7.88. The van der Waals surface area contributed by atoms with Crippen LogP contribution in [0.25, 0.3) is 22.2 Å². The summed E-state index contributed by atoms with van der Waals surface area (Å²) < 4.78 is 3.74. The second-order valence-electron chi connectivity index (χ2n) is 7.28. The first-order valence-corrected chi connectivity index (χ1v) is 10.9. The Morgan fingerprint density at radius 2 is 1.77 bits per heavy atom. The van der Waals surface area contributed by atoms with E-state index in [0.717, 1.165) is 33.5 Å². The SMILES string of the molecule is Cc1cc(NC(=O)CSc2nnc3cc(C)c4ccccc4n23)n(-c2ccccc2)n1. The van der Waals surface area contributed by atoms with Gasteiger partial charge in [0.15, 0.2) is 10.8 Å². The number of aromatic nitrogens is 5. The predicted octanol–water partition coefficient (Wildman–Crippen LogP) is 4.42. The molecule has 0 unspecified atom stereocenters. The van der Waals surface area contributed by atoms with Crippen LogP contribution in [0.15, 0.2) is 71.9 Å².